The summed E-state index contributed by atoms with van der Waals surface area (Å²) in [7, 11) is 0. The van der Waals surface area contributed by atoms with E-state index in [0.717, 1.165) is 25.7 Å². The zero-order chi connectivity index (χ0) is 22.8. The molecule has 0 aliphatic carbocycles. The second-order valence-corrected chi connectivity index (χ2v) is 8.75. The standard InChI is InChI=1S/C27H52O4/c1-3-5-7-9-10-11-12-13-14-15-16-17-19-21-23-30-26(24-28)25-31-27(29)22-20-18-8-6-4-2/h11-12,26,28H,3-10,13-25H2,1-2H3/b12-11-. The van der Waals surface area contributed by atoms with E-state index in [4.69, 9.17) is 9.47 Å². The normalized spacial score (nSPS) is 12.5. The molecule has 1 unspecified atom stereocenters. The van der Waals surface area contributed by atoms with Gasteiger partial charge in [0, 0.05) is 13.0 Å². The molecular formula is C27H52O4. The molecule has 4 nitrogen and oxygen atoms in total. The second-order valence-electron chi connectivity index (χ2n) is 8.75. The largest absolute Gasteiger partial charge is 0.463 e. The van der Waals surface area contributed by atoms with Crippen LogP contribution in [0.1, 0.15) is 129 Å². The highest BCUT2D eigenvalue weighted by atomic mass is 16.6. The summed E-state index contributed by atoms with van der Waals surface area (Å²) < 4.78 is 10.9. The number of aliphatic hydroxyl groups excluding tert-OH is 1. The van der Waals surface area contributed by atoms with Gasteiger partial charge in [-0.05, 0) is 38.5 Å². The Morgan fingerprint density at radius 2 is 1.26 bits per heavy atom. The summed E-state index contributed by atoms with van der Waals surface area (Å²) in [6, 6.07) is 0. The molecule has 0 fully saturated rings. The Bertz CT molecular complexity index is 395. The quantitative estimate of drug-likeness (QED) is 0.0957. The van der Waals surface area contributed by atoms with Gasteiger partial charge in [-0.15, -0.1) is 0 Å². The van der Waals surface area contributed by atoms with E-state index < -0.39 is 6.10 Å². The number of carbonyl (C=O) groups excluding carboxylic acids is 1. The number of rotatable bonds is 24. The smallest absolute Gasteiger partial charge is 0.305 e. The Morgan fingerprint density at radius 1 is 0.742 bits per heavy atom. The van der Waals surface area contributed by atoms with Crippen molar-refractivity contribution in [2.24, 2.45) is 0 Å². The van der Waals surface area contributed by atoms with Gasteiger partial charge in [0.15, 0.2) is 0 Å². The van der Waals surface area contributed by atoms with Gasteiger partial charge in [0.25, 0.3) is 0 Å². The highest BCUT2D eigenvalue weighted by Crippen LogP contribution is 2.10. The predicted molar refractivity (Wildman–Crippen MR) is 131 cm³/mol. The summed E-state index contributed by atoms with van der Waals surface area (Å²) in [5.74, 6) is -0.176. The fourth-order valence-corrected chi connectivity index (χ4v) is 3.53. The minimum absolute atomic E-state index is 0.101. The molecule has 0 amide bonds. The molecule has 1 atom stereocenters. The van der Waals surface area contributed by atoms with Crippen molar-refractivity contribution in [2.45, 2.75) is 136 Å². The molecule has 0 rings (SSSR count). The third-order valence-corrected chi connectivity index (χ3v) is 5.63. The first-order chi connectivity index (χ1) is 15.2. The first-order valence-electron chi connectivity index (χ1n) is 13.3. The van der Waals surface area contributed by atoms with Gasteiger partial charge < -0.3 is 14.6 Å². The number of unbranched alkanes of at least 4 members (excludes halogenated alkanes) is 14. The molecule has 1 N–H and O–H groups in total. The van der Waals surface area contributed by atoms with E-state index >= 15 is 0 Å². The number of hydrogen-bond acceptors (Lipinski definition) is 4. The number of aliphatic hydroxyl groups is 1. The Hall–Kier alpha value is -0.870. The van der Waals surface area contributed by atoms with Gasteiger partial charge in [0.1, 0.15) is 12.7 Å². The van der Waals surface area contributed by atoms with Crippen LogP contribution in [0.3, 0.4) is 0 Å². The van der Waals surface area contributed by atoms with Gasteiger partial charge in [-0.2, -0.15) is 0 Å². The van der Waals surface area contributed by atoms with E-state index in [1.807, 2.05) is 0 Å². The maximum atomic E-state index is 11.7. The lowest BCUT2D eigenvalue weighted by molar-refractivity contribution is -0.149. The van der Waals surface area contributed by atoms with E-state index in [-0.39, 0.29) is 19.2 Å². The van der Waals surface area contributed by atoms with Crippen LogP contribution in [0.25, 0.3) is 0 Å². The van der Waals surface area contributed by atoms with Gasteiger partial charge in [0.05, 0.1) is 6.61 Å². The molecule has 0 aromatic rings. The van der Waals surface area contributed by atoms with Crippen molar-refractivity contribution in [1.82, 2.24) is 0 Å². The number of ether oxygens (including phenoxy) is 2. The SMILES string of the molecule is CCCCCC/C=C\CCCCCCCCOC(CO)COC(=O)CCCCCCC. The maximum absolute atomic E-state index is 11.7. The molecule has 0 aliphatic rings. The number of esters is 1. The minimum Gasteiger partial charge on any atom is -0.463 e. The van der Waals surface area contributed by atoms with Crippen LogP contribution in [-0.4, -0.2) is 37.0 Å². The lowest BCUT2D eigenvalue weighted by atomic mass is 10.1. The summed E-state index contributed by atoms with van der Waals surface area (Å²) in [5, 5.41) is 9.41. The molecule has 0 saturated carbocycles. The van der Waals surface area contributed by atoms with Crippen molar-refractivity contribution in [1.29, 1.82) is 0 Å². The number of carbonyl (C=O) groups is 1. The average Bonchev–Trinajstić information content (AvgIpc) is 2.78. The van der Waals surface area contributed by atoms with Crippen LogP contribution < -0.4 is 0 Å². The Morgan fingerprint density at radius 3 is 1.87 bits per heavy atom. The van der Waals surface area contributed by atoms with Crippen molar-refractivity contribution < 1.29 is 19.4 Å². The van der Waals surface area contributed by atoms with Crippen molar-refractivity contribution in [3.8, 4) is 0 Å². The van der Waals surface area contributed by atoms with Crippen LogP contribution in [0.4, 0.5) is 0 Å². The van der Waals surface area contributed by atoms with Gasteiger partial charge in [-0.25, -0.2) is 0 Å². The molecular weight excluding hydrogens is 388 g/mol. The fraction of sp³-hybridized carbons (Fsp3) is 0.889. The fourth-order valence-electron chi connectivity index (χ4n) is 3.53. The van der Waals surface area contributed by atoms with E-state index in [1.54, 1.807) is 0 Å². The van der Waals surface area contributed by atoms with Crippen molar-refractivity contribution in [2.75, 3.05) is 19.8 Å². The van der Waals surface area contributed by atoms with Gasteiger partial charge in [-0.3, -0.25) is 4.79 Å². The average molecular weight is 441 g/mol. The van der Waals surface area contributed by atoms with Gasteiger partial charge in [0.2, 0.25) is 0 Å². The second kappa shape index (κ2) is 25.4. The first-order valence-corrected chi connectivity index (χ1v) is 13.3. The van der Waals surface area contributed by atoms with Crippen molar-refractivity contribution in [3.05, 3.63) is 12.2 Å². The molecule has 0 bridgehead atoms. The molecule has 184 valence electrons. The summed E-state index contributed by atoms with van der Waals surface area (Å²) in [6.07, 6.45) is 25.5. The van der Waals surface area contributed by atoms with Crippen LogP contribution >= 0.6 is 0 Å². The third-order valence-electron chi connectivity index (χ3n) is 5.63. The van der Waals surface area contributed by atoms with E-state index in [0.29, 0.717) is 13.0 Å². The van der Waals surface area contributed by atoms with Crippen LogP contribution in [-0.2, 0) is 14.3 Å². The number of allylic oxidation sites excluding steroid dienone is 2. The Balaban J connectivity index is 3.43. The minimum atomic E-state index is -0.391. The molecule has 0 aliphatic heterocycles. The monoisotopic (exact) mass is 440 g/mol. The van der Waals surface area contributed by atoms with Crippen LogP contribution in [0.15, 0.2) is 12.2 Å². The topological polar surface area (TPSA) is 55.8 Å². The lowest BCUT2D eigenvalue weighted by Gasteiger charge is -2.15. The summed E-state index contributed by atoms with van der Waals surface area (Å²) in [5.41, 5.74) is 0. The first kappa shape index (κ1) is 30.1. The Labute approximate surface area is 193 Å². The van der Waals surface area contributed by atoms with Crippen LogP contribution in [0.5, 0.6) is 0 Å². The summed E-state index contributed by atoms with van der Waals surface area (Å²) in [4.78, 5) is 11.7. The highest BCUT2D eigenvalue weighted by molar-refractivity contribution is 5.69. The molecule has 0 radical (unpaired) electrons. The van der Waals surface area contributed by atoms with E-state index in [2.05, 4.69) is 26.0 Å². The molecule has 31 heavy (non-hydrogen) atoms. The zero-order valence-electron chi connectivity index (χ0n) is 20.8. The summed E-state index contributed by atoms with van der Waals surface area (Å²) in [6.45, 7) is 5.12. The molecule has 0 heterocycles. The summed E-state index contributed by atoms with van der Waals surface area (Å²) >= 11 is 0. The van der Waals surface area contributed by atoms with E-state index in [1.165, 1.54) is 83.5 Å². The molecule has 0 aromatic heterocycles. The van der Waals surface area contributed by atoms with Crippen LogP contribution in [0, 0.1) is 0 Å². The predicted octanol–water partition coefficient (Wildman–Crippen LogP) is 7.52. The molecule has 0 saturated heterocycles. The van der Waals surface area contributed by atoms with Gasteiger partial charge in [-0.1, -0.05) is 96.6 Å². The van der Waals surface area contributed by atoms with Crippen molar-refractivity contribution in [3.63, 3.8) is 0 Å². The molecule has 4 heteroatoms. The molecule has 0 aromatic carbocycles. The lowest BCUT2D eigenvalue weighted by Crippen LogP contribution is -2.26. The van der Waals surface area contributed by atoms with Crippen molar-refractivity contribution >= 4 is 5.97 Å². The van der Waals surface area contributed by atoms with Crippen LogP contribution in [0.2, 0.25) is 0 Å². The van der Waals surface area contributed by atoms with Gasteiger partial charge >= 0.3 is 5.97 Å². The third kappa shape index (κ3) is 23.6. The molecule has 0 spiro atoms. The number of hydrogen-bond donors (Lipinski definition) is 1. The zero-order valence-corrected chi connectivity index (χ0v) is 20.8. The maximum Gasteiger partial charge on any atom is 0.305 e. The Kier molecular flexibility index (Phi) is 24.7. The highest BCUT2D eigenvalue weighted by Gasteiger charge is 2.11. The van der Waals surface area contributed by atoms with E-state index in [9.17, 15) is 9.90 Å².